The fourth-order valence-electron chi connectivity index (χ4n) is 2.93. The first-order valence-corrected chi connectivity index (χ1v) is 8.41. The van der Waals surface area contributed by atoms with Crippen molar-refractivity contribution in [3.63, 3.8) is 0 Å². The zero-order chi connectivity index (χ0) is 15.8. The Balaban J connectivity index is 2.36. The van der Waals surface area contributed by atoms with Crippen LogP contribution in [0.2, 0.25) is 10.0 Å². The van der Waals surface area contributed by atoms with Crippen molar-refractivity contribution < 1.29 is 0 Å². The van der Waals surface area contributed by atoms with E-state index in [1.165, 1.54) is 0 Å². The summed E-state index contributed by atoms with van der Waals surface area (Å²) in [5.74, 6) is 0.550. The maximum Gasteiger partial charge on any atom is 0.0640 e. The van der Waals surface area contributed by atoms with E-state index in [9.17, 15) is 0 Å². The zero-order valence-electron chi connectivity index (χ0n) is 13.6. The summed E-state index contributed by atoms with van der Waals surface area (Å²) < 4.78 is 0. The van der Waals surface area contributed by atoms with Gasteiger partial charge in [0, 0.05) is 30.2 Å². The van der Waals surface area contributed by atoms with Gasteiger partial charge in [-0.05, 0) is 29.5 Å². The molecule has 0 radical (unpaired) electrons. The molecule has 2 nitrogen and oxygen atoms in total. The Labute approximate surface area is 138 Å². The molecule has 1 aromatic carbocycles. The summed E-state index contributed by atoms with van der Waals surface area (Å²) in [6.45, 7) is 13.3. The molecule has 2 atom stereocenters. The number of anilines is 1. The standard InChI is InChI=1S/C17H26Cl2N2/c1-11(2)15-9-20-16(17(3,4)5)10-21(15)14-8-12(18)6-7-13(14)19/h6-8,11,15-16,20H,9-10H2,1-5H3. The summed E-state index contributed by atoms with van der Waals surface area (Å²) in [4.78, 5) is 2.44. The average molecular weight is 329 g/mol. The summed E-state index contributed by atoms with van der Waals surface area (Å²) in [6.07, 6.45) is 0. The van der Waals surface area contributed by atoms with E-state index in [4.69, 9.17) is 23.2 Å². The molecule has 0 aliphatic carbocycles. The molecular formula is C17H26Cl2N2. The third-order valence-corrected chi connectivity index (χ3v) is 4.94. The molecule has 1 fully saturated rings. The molecule has 0 spiro atoms. The number of nitrogens with one attached hydrogen (secondary N) is 1. The summed E-state index contributed by atoms with van der Waals surface area (Å²) >= 11 is 12.6. The van der Waals surface area contributed by atoms with Crippen molar-refractivity contribution in [1.29, 1.82) is 0 Å². The molecular weight excluding hydrogens is 303 g/mol. The summed E-state index contributed by atoms with van der Waals surface area (Å²) in [6, 6.07) is 6.60. The Morgan fingerprint density at radius 2 is 1.90 bits per heavy atom. The topological polar surface area (TPSA) is 15.3 Å². The van der Waals surface area contributed by atoms with Gasteiger partial charge in [-0.1, -0.05) is 57.8 Å². The molecule has 0 amide bonds. The number of hydrogen-bond acceptors (Lipinski definition) is 2. The Kier molecular flexibility index (Phi) is 5.12. The Hall–Kier alpha value is -0.440. The van der Waals surface area contributed by atoms with Crippen molar-refractivity contribution in [2.24, 2.45) is 11.3 Å². The van der Waals surface area contributed by atoms with Gasteiger partial charge in [-0.2, -0.15) is 0 Å². The van der Waals surface area contributed by atoms with Gasteiger partial charge in [-0.3, -0.25) is 0 Å². The summed E-state index contributed by atoms with van der Waals surface area (Å²) in [5, 5.41) is 5.22. The van der Waals surface area contributed by atoms with Crippen LogP contribution in [0.4, 0.5) is 5.69 Å². The molecule has 1 aliphatic heterocycles. The quantitative estimate of drug-likeness (QED) is 0.835. The van der Waals surface area contributed by atoms with E-state index in [1.807, 2.05) is 18.2 Å². The lowest BCUT2D eigenvalue weighted by Gasteiger charge is -2.48. The largest absolute Gasteiger partial charge is 0.364 e. The van der Waals surface area contributed by atoms with Gasteiger partial charge in [-0.15, -0.1) is 0 Å². The molecule has 0 aromatic heterocycles. The van der Waals surface area contributed by atoms with E-state index in [0.717, 1.165) is 28.8 Å². The van der Waals surface area contributed by atoms with Gasteiger partial charge in [0.15, 0.2) is 0 Å². The second kappa shape index (κ2) is 6.36. The molecule has 0 saturated carbocycles. The fraction of sp³-hybridized carbons (Fsp3) is 0.647. The predicted octanol–water partition coefficient (Wildman–Crippen LogP) is 4.84. The van der Waals surface area contributed by atoms with Crippen molar-refractivity contribution in [2.45, 2.75) is 46.7 Å². The van der Waals surface area contributed by atoms with Crippen molar-refractivity contribution in [1.82, 2.24) is 5.32 Å². The SMILES string of the molecule is CC(C)C1CNC(C(C)(C)C)CN1c1cc(Cl)ccc1Cl. The van der Waals surface area contributed by atoms with Crippen LogP contribution in [-0.4, -0.2) is 25.2 Å². The summed E-state index contributed by atoms with van der Waals surface area (Å²) in [7, 11) is 0. The number of rotatable bonds is 2. The maximum atomic E-state index is 6.44. The van der Waals surface area contributed by atoms with Crippen molar-refractivity contribution in [3.05, 3.63) is 28.2 Å². The van der Waals surface area contributed by atoms with Gasteiger partial charge in [0.2, 0.25) is 0 Å². The Bertz CT molecular complexity index is 494. The van der Waals surface area contributed by atoms with E-state index in [0.29, 0.717) is 18.0 Å². The summed E-state index contributed by atoms with van der Waals surface area (Å²) in [5.41, 5.74) is 1.27. The maximum absolute atomic E-state index is 6.44. The van der Waals surface area contributed by atoms with Crippen LogP contribution in [0.1, 0.15) is 34.6 Å². The molecule has 4 heteroatoms. The minimum absolute atomic E-state index is 0.214. The van der Waals surface area contributed by atoms with E-state index in [1.54, 1.807) is 0 Å². The van der Waals surface area contributed by atoms with Crippen LogP contribution in [-0.2, 0) is 0 Å². The highest BCUT2D eigenvalue weighted by Gasteiger charge is 2.36. The van der Waals surface area contributed by atoms with Crippen LogP contribution in [0.5, 0.6) is 0 Å². The minimum atomic E-state index is 0.214. The lowest BCUT2D eigenvalue weighted by molar-refractivity contribution is 0.221. The van der Waals surface area contributed by atoms with Gasteiger partial charge in [0.05, 0.1) is 10.7 Å². The number of hydrogen-bond donors (Lipinski definition) is 1. The Morgan fingerprint density at radius 1 is 1.24 bits per heavy atom. The molecule has 2 rings (SSSR count). The predicted molar refractivity (Wildman–Crippen MR) is 93.7 cm³/mol. The molecule has 2 unspecified atom stereocenters. The lowest BCUT2D eigenvalue weighted by atomic mass is 9.83. The van der Waals surface area contributed by atoms with Crippen LogP contribution in [0.3, 0.4) is 0 Å². The van der Waals surface area contributed by atoms with E-state index in [2.05, 4.69) is 44.8 Å². The van der Waals surface area contributed by atoms with E-state index >= 15 is 0 Å². The second-order valence-electron chi connectivity index (χ2n) is 7.39. The minimum Gasteiger partial charge on any atom is -0.364 e. The van der Waals surface area contributed by atoms with E-state index < -0.39 is 0 Å². The third-order valence-electron chi connectivity index (χ3n) is 4.39. The normalized spacial score (nSPS) is 23.7. The van der Waals surface area contributed by atoms with Gasteiger partial charge >= 0.3 is 0 Å². The third kappa shape index (κ3) is 3.85. The van der Waals surface area contributed by atoms with Crippen LogP contribution >= 0.6 is 23.2 Å². The van der Waals surface area contributed by atoms with Crippen molar-refractivity contribution in [2.75, 3.05) is 18.0 Å². The highest BCUT2D eigenvalue weighted by atomic mass is 35.5. The van der Waals surface area contributed by atoms with Gasteiger partial charge in [0.25, 0.3) is 0 Å². The molecule has 1 aromatic rings. The van der Waals surface area contributed by atoms with E-state index in [-0.39, 0.29) is 5.41 Å². The highest BCUT2D eigenvalue weighted by Crippen LogP contribution is 2.35. The number of nitrogens with zero attached hydrogens (tertiary/aromatic N) is 1. The number of benzene rings is 1. The van der Waals surface area contributed by atoms with Crippen molar-refractivity contribution >= 4 is 28.9 Å². The second-order valence-corrected chi connectivity index (χ2v) is 8.23. The van der Waals surface area contributed by atoms with Gasteiger partial charge in [0.1, 0.15) is 0 Å². The molecule has 1 heterocycles. The zero-order valence-corrected chi connectivity index (χ0v) is 15.1. The first-order valence-electron chi connectivity index (χ1n) is 7.65. The molecule has 1 aliphatic rings. The lowest BCUT2D eigenvalue weighted by Crippen LogP contribution is -2.62. The fourth-order valence-corrected chi connectivity index (χ4v) is 3.32. The molecule has 118 valence electrons. The molecule has 1 N–H and O–H groups in total. The van der Waals surface area contributed by atoms with Crippen LogP contribution in [0, 0.1) is 11.3 Å². The van der Waals surface area contributed by atoms with Crippen LogP contribution in [0.15, 0.2) is 18.2 Å². The number of piperazine rings is 1. The number of halogens is 2. The molecule has 0 bridgehead atoms. The highest BCUT2D eigenvalue weighted by molar-refractivity contribution is 6.35. The first-order chi connectivity index (χ1) is 9.70. The average Bonchev–Trinajstić information content (AvgIpc) is 2.39. The molecule has 1 saturated heterocycles. The van der Waals surface area contributed by atoms with Crippen LogP contribution in [0.25, 0.3) is 0 Å². The monoisotopic (exact) mass is 328 g/mol. The van der Waals surface area contributed by atoms with Crippen molar-refractivity contribution in [3.8, 4) is 0 Å². The molecule has 21 heavy (non-hydrogen) atoms. The van der Waals surface area contributed by atoms with Crippen LogP contribution < -0.4 is 10.2 Å². The first kappa shape index (κ1) is 16.9. The van der Waals surface area contributed by atoms with Gasteiger partial charge in [-0.25, -0.2) is 0 Å². The smallest absolute Gasteiger partial charge is 0.0640 e. The Morgan fingerprint density at radius 3 is 2.48 bits per heavy atom. The van der Waals surface area contributed by atoms with Gasteiger partial charge < -0.3 is 10.2 Å².